The van der Waals surface area contributed by atoms with E-state index in [0.717, 1.165) is 12.0 Å². The number of benzene rings is 1. The fraction of sp³-hybridized carbons (Fsp3) is 0.571. The summed E-state index contributed by atoms with van der Waals surface area (Å²) in [5.41, 5.74) is 0.953. The Bertz CT molecular complexity index is 512. The maximum atomic E-state index is 11.2. The predicted octanol–water partition coefficient (Wildman–Crippen LogP) is 1.39. The molecular weight excluding hydrogens is 276 g/mol. The molecule has 0 bridgehead atoms. The maximum Gasteiger partial charge on any atom is 0.238 e. The lowest BCUT2D eigenvalue weighted by Gasteiger charge is -2.18. The number of rotatable bonds is 7. The smallest absolute Gasteiger partial charge is 0.238 e. The average molecular weight is 300 g/mol. The van der Waals surface area contributed by atoms with Crippen molar-refractivity contribution in [2.45, 2.75) is 44.2 Å². The molecule has 0 amide bonds. The number of hydrogen-bond donors (Lipinski definition) is 3. The van der Waals surface area contributed by atoms with E-state index in [9.17, 15) is 13.5 Å². The Hall–Kier alpha value is -0.950. The van der Waals surface area contributed by atoms with Crippen LogP contribution in [0.2, 0.25) is 0 Å². The standard InChI is InChI=1S/C14H24N2O3S/c1-10(2)8-13(17)9-16-11(3)12-4-6-14(7-5-12)20(15,18)19/h4-7,10-11,13,16-17H,8-9H2,1-3H3,(H2,15,18,19). The molecule has 0 saturated heterocycles. The first kappa shape index (κ1) is 17.1. The van der Waals surface area contributed by atoms with Gasteiger partial charge in [-0.3, -0.25) is 0 Å². The summed E-state index contributed by atoms with van der Waals surface area (Å²) >= 11 is 0. The average Bonchev–Trinajstić information content (AvgIpc) is 2.34. The Balaban J connectivity index is 2.58. The lowest BCUT2D eigenvalue weighted by molar-refractivity contribution is 0.143. The van der Waals surface area contributed by atoms with Gasteiger partial charge < -0.3 is 10.4 Å². The molecule has 1 aromatic rings. The van der Waals surface area contributed by atoms with Crippen molar-refractivity contribution in [3.05, 3.63) is 29.8 Å². The summed E-state index contributed by atoms with van der Waals surface area (Å²) in [6, 6.07) is 6.48. The largest absolute Gasteiger partial charge is 0.392 e. The van der Waals surface area contributed by atoms with Crippen molar-refractivity contribution in [1.82, 2.24) is 5.32 Å². The van der Waals surface area contributed by atoms with Gasteiger partial charge in [0, 0.05) is 12.6 Å². The fourth-order valence-corrected chi connectivity index (χ4v) is 2.52. The summed E-state index contributed by atoms with van der Waals surface area (Å²) in [4.78, 5) is 0.105. The molecule has 0 spiro atoms. The summed E-state index contributed by atoms with van der Waals surface area (Å²) < 4.78 is 22.3. The summed E-state index contributed by atoms with van der Waals surface area (Å²) in [6.07, 6.45) is 0.380. The number of nitrogens with one attached hydrogen (secondary N) is 1. The highest BCUT2D eigenvalue weighted by atomic mass is 32.2. The molecule has 114 valence electrons. The van der Waals surface area contributed by atoms with Gasteiger partial charge >= 0.3 is 0 Å². The summed E-state index contributed by atoms with van der Waals surface area (Å²) in [5, 5.41) is 18.1. The van der Waals surface area contributed by atoms with Crippen LogP contribution in [0.25, 0.3) is 0 Å². The predicted molar refractivity (Wildman–Crippen MR) is 79.7 cm³/mol. The van der Waals surface area contributed by atoms with Crippen LogP contribution in [-0.2, 0) is 10.0 Å². The van der Waals surface area contributed by atoms with Crippen LogP contribution in [0.3, 0.4) is 0 Å². The molecular formula is C14H24N2O3S. The number of aliphatic hydroxyl groups is 1. The van der Waals surface area contributed by atoms with Crippen molar-refractivity contribution in [3.8, 4) is 0 Å². The van der Waals surface area contributed by atoms with E-state index in [4.69, 9.17) is 5.14 Å². The van der Waals surface area contributed by atoms with Crippen LogP contribution in [0.1, 0.15) is 38.8 Å². The molecule has 0 aromatic heterocycles. The second-order valence-corrected chi connectivity index (χ2v) is 7.09. The van der Waals surface area contributed by atoms with E-state index in [1.54, 1.807) is 12.1 Å². The van der Waals surface area contributed by atoms with Crippen molar-refractivity contribution >= 4 is 10.0 Å². The van der Waals surface area contributed by atoms with Crippen LogP contribution >= 0.6 is 0 Å². The number of primary sulfonamides is 1. The van der Waals surface area contributed by atoms with Gasteiger partial charge in [0.1, 0.15) is 0 Å². The van der Waals surface area contributed by atoms with Crippen LogP contribution in [0.5, 0.6) is 0 Å². The minimum Gasteiger partial charge on any atom is -0.392 e. The number of sulfonamides is 1. The highest BCUT2D eigenvalue weighted by Gasteiger charge is 2.12. The van der Waals surface area contributed by atoms with Crippen molar-refractivity contribution in [1.29, 1.82) is 0 Å². The second kappa shape index (κ2) is 7.17. The van der Waals surface area contributed by atoms with Gasteiger partial charge in [0.2, 0.25) is 10.0 Å². The molecule has 20 heavy (non-hydrogen) atoms. The van der Waals surface area contributed by atoms with Gasteiger partial charge in [-0.1, -0.05) is 26.0 Å². The molecule has 6 heteroatoms. The minimum atomic E-state index is -3.64. The number of aliphatic hydroxyl groups excluding tert-OH is 1. The molecule has 0 fully saturated rings. The molecule has 0 aliphatic heterocycles. The Labute approximate surface area is 121 Å². The van der Waals surface area contributed by atoms with Crippen molar-refractivity contribution in [3.63, 3.8) is 0 Å². The van der Waals surface area contributed by atoms with Crippen LogP contribution < -0.4 is 10.5 Å². The Morgan fingerprint density at radius 3 is 2.20 bits per heavy atom. The van der Waals surface area contributed by atoms with Gasteiger partial charge in [0.15, 0.2) is 0 Å². The highest BCUT2D eigenvalue weighted by Crippen LogP contribution is 2.15. The SMILES string of the molecule is CC(C)CC(O)CNC(C)c1ccc(S(N)(=O)=O)cc1. The highest BCUT2D eigenvalue weighted by molar-refractivity contribution is 7.89. The third-order valence-electron chi connectivity index (χ3n) is 3.11. The zero-order valence-corrected chi connectivity index (χ0v) is 13.0. The molecule has 2 atom stereocenters. The van der Waals surface area contributed by atoms with Crippen LogP contribution in [0.15, 0.2) is 29.2 Å². The fourth-order valence-electron chi connectivity index (χ4n) is 2.00. The van der Waals surface area contributed by atoms with Gasteiger partial charge in [-0.25, -0.2) is 13.6 Å². The lowest BCUT2D eigenvalue weighted by atomic mass is 10.0. The third-order valence-corrected chi connectivity index (χ3v) is 4.04. The lowest BCUT2D eigenvalue weighted by Crippen LogP contribution is -2.30. The van der Waals surface area contributed by atoms with Crippen LogP contribution in [0.4, 0.5) is 0 Å². The first-order chi connectivity index (χ1) is 9.20. The van der Waals surface area contributed by atoms with Gasteiger partial charge in [0.25, 0.3) is 0 Å². The molecule has 4 N–H and O–H groups in total. The molecule has 0 aliphatic carbocycles. The van der Waals surface area contributed by atoms with Crippen LogP contribution in [0, 0.1) is 5.92 Å². The number of nitrogens with two attached hydrogens (primary N) is 1. The molecule has 1 aromatic carbocycles. The van der Waals surface area contributed by atoms with Crippen molar-refractivity contribution in [2.75, 3.05) is 6.54 Å². The quantitative estimate of drug-likeness (QED) is 0.709. The normalized spacial score (nSPS) is 15.3. The topological polar surface area (TPSA) is 92.4 Å². The first-order valence-electron chi connectivity index (χ1n) is 6.74. The van der Waals surface area contributed by atoms with Gasteiger partial charge in [-0.15, -0.1) is 0 Å². The molecule has 0 radical (unpaired) electrons. The molecule has 5 nitrogen and oxygen atoms in total. The Morgan fingerprint density at radius 1 is 1.20 bits per heavy atom. The van der Waals surface area contributed by atoms with E-state index in [1.165, 1.54) is 12.1 Å². The zero-order valence-electron chi connectivity index (χ0n) is 12.2. The molecule has 0 saturated carbocycles. The monoisotopic (exact) mass is 300 g/mol. The number of hydrogen-bond acceptors (Lipinski definition) is 4. The summed E-state index contributed by atoms with van der Waals surface area (Å²) in [5.74, 6) is 0.455. The minimum absolute atomic E-state index is 0.0336. The van der Waals surface area contributed by atoms with E-state index in [2.05, 4.69) is 19.2 Å². The van der Waals surface area contributed by atoms with E-state index in [1.807, 2.05) is 6.92 Å². The molecule has 0 aliphatic rings. The third kappa shape index (κ3) is 5.58. The summed E-state index contributed by atoms with van der Waals surface area (Å²) in [6.45, 7) is 6.61. The van der Waals surface area contributed by atoms with E-state index >= 15 is 0 Å². The maximum absolute atomic E-state index is 11.2. The summed E-state index contributed by atoms with van der Waals surface area (Å²) in [7, 11) is -3.64. The van der Waals surface area contributed by atoms with E-state index in [0.29, 0.717) is 12.5 Å². The van der Waals surface area contributed by atoms with Crippen molar-refractivity contribution in [2.24, 2.45) is 11.1 Å². The van der Waals surface area contributed by atoms with Crippen LogP contribution in [-0.4, -0.2) is 26.2 Å². The first-order valence-corrected chi connectivity index (χ1v) is 8.29. The molecule has 2 unspecified atom stereocenters. The Kier molecular flexibility index (Phi) is 6.13. The van der Waals surface area contributed by atoms with Gasteiger partial charge in [-0.05, 0) is 37.0 Å². The van der Waals surface area contributed by atoms with Gasteiger partial charge in [-0.2, -0.15) is 0 Å². The molecule has 0 heterocycles. The van der Waals surface area contributed by atoms with Gasteiger partial charge in [0.05, 0.1) is 11.0 Å². The zero-order chi connectivity index (χ0) is 15.3. The molecule has 1 rings (SSSR count). The Morgan fingerprint density at radius 2 is 1.75 bits per heavy atom. The van der Waals surface area contributed by atoms with E-state index in [-0.39, 0.29) is 17.0 Å². The second-order valence-electron chi connectivity index (χ2n) is 5.53. The van der Waals surface area contributed by atoms with E-state index < -0.39 is 10.0 Å². The van der Waals surface area contributed by atoms with Crippen molar-refractivity contribution < 1.29 is 13.5 Å².